The number of aryl methyl sites for hydroxylation is 1. The minimum absolute atomic E-state index is 0.218. The van der Waals surface area contributed by atoms with Crippen molar-refractivity contribution in [1.29, 1.82) is 0 Å². The Morgan fingerprint density at radius 3 is 2.43 bits per heavy atom. The van der Waals surface area contributed by atoms with E-state index in [-0.39, 0.29) is 17.7 Å². The van der Waals surface area contributed by atoms with E-state index < -0.39 is 0 Å². The number of thioether (sulfide) groups is 1. The van der Waals surface area contributed by atoms with E-state index in [9.17, 15) is 9.59 Å². The molecule has 0 aliphatic heterocycles. The largest absolute Gasteiger partial charge is 0.479 e. The van der Waals surface area contributed by atoms with Gasteiger partial charge in [0.25, 0.3) is 11.8 Å². The minimum Gasteiger partial charge on any atom is -0.479 e. The molecule has 0 spiro atoms. The fraction of sp³-hybridized carbons (Fsp3) is 0.150. The summed E-state index contributed by atoms with van der Waals surface area (Å²) in [6.07, 6.45) is 3.56. The van der Waals surface area contributed by atoms with Gasteiger partial charge in [0.1, 0.15) is 5.56 Å². The highest BCUT2D eigenvalue weighted by Crippen LogP contribution is 2.20. The molecule has 0 fully saturated rings. The summed E-state index contributed by atoms with van der Waals surface area (Å²) in [5.74, 6) is -0.301. The fourth-order valence-electron chi connectivity index (χ4n) is 2.58. The van der Waals surface area contributed by atoms with Crippen molar-refractivity contribution in [2.24, 2.45) is 7.05 Å². The molecule has 0 unspecified atom stereocenters. The maximum Gasteiger partial charge on any atom is 0.262 e. The summed E-state index contributed by atoms with van der Waals surface area (Å²) in [6, 6.07) is 14.3. The molecule has 0 saturated carbocycles. The molecule has 7 nitrogen and oxygen atoms in total. The number of carbonyl (C=O) groups is 2. The topological polar surface area (TPSA) is 85.2 Å². The van der Waals surface area contributed by atoms with Gasteiger partial charge in [-0.15, -0.1) is 16.9 Å². The molecule has 0 aliphatic rings. The number of anilines is 2. The molecule has 0 bridgehead atoms. The number of nitrogens with one attached hydrogen (secondary N) is 2. The van der Waals surface area contributed by atoms with Crippen molar-refractivity contribution in [1.82, 2.24) is 9.78 Å². The molecular weight excluding hydrogens is 376 g/mol. The number of nitrogens with zero attached hydrogens (tertiary/aromatic N) is 2. The van der Waals surface area contributed by atoms with Crippen LogP contribution in [-0.2, 0) is 7.05 Å². The first-order valence-corrected chi connectivity index (χ1v) is 9.67. The fourth-order valence-corrected chi connectivity index (χ4v) is 3.04. The summed E-state index contributed by atoms with van der Waals surface area (Å²) in [5, 5.41) is 9.70. The number of hydrogen-bond acceptors (Lipinski definition) is 5. The normalized spacial score (nSPS) is 10.4. The second kappa shape index (κ2) is 8.62. The first-order valence-electron chi connectivity index (χ1n) is 8.44. The van der Waals surface area contributed by atoms with Crippen LogP contribution in [0.1, 0.15) is 20.7 Å². The zero-order chi connectivity index (χ0) is 20.1. The number of hydrogen-bond donors (Lipinski definition) is 2. The van der Waals surface area contributed by atoms with Crippen molar-refractivity contribution in [3.05, 3.63) is 65.9 Å². The molecule has 3 aromatic rings. The van der Waals surface area contributed by atoms with Crippen LogP contribution < -0.4 is 15.4 Å². The van der Waals surface area contributed by atoms with Crippen LogP contribution in [0.3, 0.4) is 0 Å². The second-order valence-electron chi connectivity index (χ2n) is 5.94. The van der Waals surface area contributed by atoms with Crippen LogP contribution >= 0.6 is 11.8 Å². The van der Waals surface area contributed by atoms with Crippen LogP contribution in [0, 0.1) is 0 Å². The maximum absolute atomic E-state index is 12.4. The van der Waals surface area contributed by atoms with Crippen molar-refractivity contribution < 1.29 is 14.3 Å². The predicted octanol–water partition coefficient (Wildman–Crippen LogP) is 3.66. The van der Waals surface area contributed by atoms with Crippen LogP contribution in [0.5, 0.6) is 5.88 Å². The number of rotatable bonds is 6. The van der Waals surface area contributed by atoms with Crippen molar-refractivity contribution in [3.8, 4) is 5.88 Å². The van der Waals surface area contributed by atoms with Gasteiger partial charge in [-0.3, -0.25) is 14.3 Å². The number of benzene rings is 2. The Morgan fingerprint density at radius 2 is 1.75 bits per heavy atom. The highest BCUT2D eigenvalue weighted by Gasteiger charge is 2.16. The maximum atomic E-state index is 12.4. The average molecular weight is 396 g/mol. The standard InChI is InChI=1S/C20H20N4O3S/c1-24-12-17(20(23-24)27-2)19(26)21-14-9-7-13(8-10-14)18(25)22-15-5-4-6-16(11-15)28-3/h4-12H,1-3H3,(H,21,26)(H,22,25). The molecule has 28 heavy (non-hydrogen) atoms. The monoisotopic (exact) mass is 396 g/mol. The molecule has 1 heterocycles. The minimum atomic E-state index is -0.337. The Labute approximate surface area is 167 Å². The highest BCUT2D eigenvalue weighted by atomic mass is 32.2. The van der Waals surface area contributed by atoms with E-state index in [1.807, 2.05) is 30.5 Å². The average Bonchev–Trinajstić information content (AvgIpc) is 3.09. The summed E-state index contributed by atoms with van der Waals surface area (Å²) in [5.41, 5.74) is 2.13. The SMILES string of the molecule is COc1nn(C)cc1C(=O)Nc1ccc(C(=O)Nc2cccc(SC)c2)cc1. The molecule has 2 aromatic carbocycles. The number of ether oxygens (including phenoxy) is 1. The smallest absolute Gasteiger partial charge is 0.262 e. The lowest BCUT2D eigenvalue weighted by molar-refractivity contribution is 0.101. The Bertz CT molecular complexity index is 999. The van der Waals surface area contributed by atoms with E-state index in [2.05, 4.69) is 15.7 Å². The lowest BCUT2D eigenvalue weighted by atomic mass is 10.2. The zero-order valence-corrected chi connectivity index (χ0v) is 16.5. The van der Waals surface area contributed by atoms with Crippen LogP contribution in [0.25, 0.3) is 0 Å². The quantitative estimate of drug-likeness (QED) is 0.621. The van der Waals surface area contributed by atoms with E-state index in [0.717, 1.165) is 10.6 Å². The third-order valence-electron chi connectivity index (χ3n) is 3.97. The van der Waals surface area contributed by atoms with E-state index in [1.54, 1.807) is 49.3 Å². The molecule has 0 saturated heterocycles. The Morgan fingerprint density at radius 1 is 1.04 bits per heavy atom. The Hall–Kier alpha value is -3.26. The Kier molecular flexibility index (Phi) is 6.00. The molecule has 0 radical (unpaired) electrons. The first-order chi connectivity index (χ1) is 13.5. The van der Waals surface area contributed by atoms with Crippen LogP contribution in [0.2, 0.25) is 0 Å². The summed E-state index contributed by atoms with van der Waals surface area (Å²) < 4.78 is 6.61. The first kappa shape index (κ1) is 19.5. The molecule has 0 atom stereocenters. The number of aromatic nitrogens is 2. The van der Waals surface area contributed by atoms with Crippen LogP contribution in [-0.4, -0.2) is 35.0 Å². The van der Waals surface area contributed by atoms with Gasteiger partial charge in [0.15, 0.2) is 0 Å². The Balaban J connectivity index is 1.67. The summed E-state index contributed by atoms with van der Waals surface area (Å²) in [6.45, 7) is 0. The second-order valence-corrected chi connectivity index (χ2v) is 6.82. The number of carbonyl (C=O) groups excluding carboxylic acids is 2. The summed E-state index contributed by atoms with van der Waals surface area (Å²) >= 11 is 1.61. The lowest BCUT2D eigenvalue weighted by Gasteiger charge is -2.08. The van der Waals surface area contributed by atoms with E-state index in [1.165, 1.54) is 11.8 Å². The van der Waals surface area contributed by atoms with Crippen LogP contribution in [0.4, 0.5) is 11.4 Å². The molecule has 144 valence electrons. The summed E-state index contributed by atoms with van der Waals surface area (Å²) in [4.78, 5) is 25.9. The third kappa shape index (κ3) is 4.52. The molecule has 2 amide bonds. The van der Waals surface area contributed by atoms with Gasteiger partial charge in [0.05, 0.1) is 7.11 Å². The van der Waals surface area contributed by atoms with E-state index in [0.29, 0.717) is 16.8 Å². The van der Waals surface area contributed by atoms with Gasteiger partial charge in [-0.05, 0) is 48.7 Å². The van der Waals surface area contributed by atoms with E-state index >= 15 is 0 Å². The van der Waals surface area contributed by atoms with Crippen molar-refractivity contribution in [2.75, 3.05) is 24.0 Å². The predicted molar refractivity (Wildman–Crippen MR) is 110 cm³/mol. The van der Waals surface area contributed by atoms with Crippen molar-refractivity contribution >= 4 is 35.0 Å². The van der Waals surface area contributed by atoms with E-state index in [4.69, 9.17) is 4.74 Å². The molecular formula is C20H20N4O3S. The molecule has 1 aromatic heterocycles. The van der Waals surface area contributed by atoms with Gasteiger partial charge in [0.2, 0.25) is 5.88 Å². The molecule has 3 rings (SSSR count). The lowest BCUT2D eigenvalue weighted by Crippen LogP contribution is -2.14. The summed E-state index contributed by atoms with van der Waals surface area (Å²) in [7, 11) is 3.17. The molecule has 0 aliphatic carbocycles. The van der Waals surface area contributed by atoms with Crippen LogP contribution in [0.15, 0.2) is 59.6 Å². The van der Waals surface area contributed by atoms with Gasteiger partial charge >= 0.3 is 0 Å². The van der Waals surface area contributed by atoms with Crippen molar-refractivity contribution in [3.63, 3.8) is 0 Å². The number of amides is 2. The highest BCUT2D eigenvalue weighted by molar-refractivity contribution is 7.98. The van der Waals surface area contributed by atoms with Gasteiger partial charge in [-0.25, -0.2) is 0 Å². The third-order valence-corrected chi connectivity index (χ3v) is 4.69. The van der Waals surface area contributed by atoms with Gasteiger partial charge < -0.3 is 15.4 Å². The van der Waals surface area contributed by atoms with Gasteiger partial charge in [0, 0.05) is 35.1 Å². The number of methoxy groups -OCH3 is 1. The molecule has 2 N–H and O–H groups in total. The van der Waals surface area contributed by atoms with Gasteiger partial charge in [-0.2, -0.15) is 0 Å². The zero-order valence-electron chi connectivity index (χ0n) is 15.7. The van der Waals surface area contributed by atoms with Crippen molar-refractivity contribution in [2.45, 2.75) is 4.90 Å². The van der Waals surface area contributed by atoms with Gasteiger partial charge in [-0.1, -0.05) is 6.07 Å². The molecule has 8 heteroatoms.